The average molecular weight is 382 g/mol. The molecule has 2 saturated heterocycles. The summed E-state index contributed by atoms with van der Waals surface area (Å²) in [6.07, 6.45) is 7.30. The summed E-state index contributed by atoms with van der Waals surface area (Å²) in [6.45, 7) is 15.4. The first kappa shape index (κ1) is 22.4. The molecular weight excluding hydrogens is 338 g/mol. The molecule has 6 heteroatoms. The molecule has 0 aromatic carbocycles. The zero-order valence-corrected chi connectivity index (χ0v) is 18.2. The molecule has 6 nitrogen and oxygen atoms in total. The van der Waals surface area contributed by atoms with Crippen LogP contribution in [0.3, 0.4) is 0 Å². The average Bonchev–Trinajstić information content (AvgIpc) is 3.25. The molecule has 158 valence electrons. The van der Waals surface area contributed by atoms with Gasteiger partial charge in [0.2, 0.25) is 0 Å². The Labute approximate surface area is 167 Å². The molecule has 1 atom stereocenters. The Balaban J connectivity index is 1.79. The van der Waals surface area contributed by atoms with Crippen molar-refractivity contribution in [3.8, 4) is 0 Å². The van der Waals surface area contributed by atoms with E-state index in [1.165, 1.54) is 45.3 Å². The van der Waals surface area contributed by atoms with Gasteiger partial charge in [-0.2, -0.15) is 0 Å². The normalized spacial score (nSPS) is 22.2. The van der Waals surface area contributed by atoms with Gasteiger partial charge in [-0.1, -0.05) is 13.8 Å². The lowest BCUT2D eigenvalue weighted by Gasteiger charge is -2.45. The number of rotatable bonds is 10. The van der Waals surface area contributed by atoms with Crippen LogP contribution in [0.15, 0.2) is 4.99 Å². The zero-order chi connectivity index (χ0) is 19.5. The number of hydrogen-bond donors (Lipinski definition) is 2. The van der Waals surface area contributed by atoms with Crippen LogP contribution in [-0.2, 0) is 4.74 Å². The standard InChI is InChI=1S/C21H43N5O/c1-5-25(6-2)13-9-10-19(3)24-20(22-4)23-18-21(11-16-27-17-12-21)26-14-7-8-15-26/h19H,5-18H2,1-4H3,(H2,22,23,24). The molecule has 2 N–H and O–H groups in total. The van der Waals surface area contributed by atoms with Gasteiger partial charge in [-0.05, 0) is 78.2 Å². The van der Waals surface area contributed by atoms with Gasteiger partial charge in [0, 0.05) is 38.4 Å². The van der Waals surface area contributed by atoms with E-state index in [1.807, 2.05) is 7.05 Å². The van der Waals surface area contributed by atoms with E-state index in [4.69, 9.17) is 4.74 Å². The van der Waals surface area contributed by atoms with Crippen LogP contribution in [0.5, 0.6) is 0 Å². The molecular formula is C21H43N5O. The van der Waals surface area contributed by atoms with Gasteiger partial charge < -0.3 is 20.3 Å². The molecule has 0 amide bonds. The van der Waals surface area contributed by atoms with Crippen LogP contribution in [0.4, 0.5) is 0 Å². The Kier molecular flexibility index (Phi) is 9.87. The van der Waals surface area contributed by atoms with Crippen LogP contribution in [0.2, 0.25) is 0 Å². The van der Waals surface area contributed by atoms with Crippen molar-refractivity contribution >= 4 is 5.96 Å². The SMILES string of the molecule is CCN(CC)CCCC(C)NC(=NC)NCC1(N2CCCC2)CCOCC1. The van der Waals surface area contributed by atoms with Gasteiger partial charge in [0.25, 0.3) is 0 Å². The summed E-state index contributed by atoms with van der Waals surface area (Å²) < 4.78 is 5.66. The molecule has 2 aliphatic heterocycles. The second-order valence-corrected chi connectivity index (χ2v) is 8.17. The number of nitrogens with one attached hydrogen (secondary N) is 2. The van der Waals surface area contributed by atoms with E-state index < -0.39 is 0 Å². The fraction of sp³-hybridized carbons (Fsp3) is 0.952. The molecule has 2 aliphatic rings. The Hall–Kier alpha value is -0.850. The molecule has 0 aromatic rings. The maximum absolute atomic E-state index is 5.66. The summed E-state index contributed by atoms with van der Waals surface area (Å²) >= 11 is 0. The third-order valence-corrected chi connectivity index (χ3v) is 6.40. The van der Waals surface area contributed by atoms with Crippen LogP contribution in [-0.4, -0.2) is 86.9 Å². The monoisotopic (exact) mass is 381 g/mol. The molecule has 27 heavy (non-hydrogen) atoms. The first-order valence-corrected chi connectivity index (χ1v) is 11.2. The molecule has 2 heterocycles. The van der Waals surface area contributed by atoms with Crippen molar-refractivity contribution < 1.29 is 4.74 Å². The largest absolute Gasteiger partial charge is 0.381 e. The van der Waals surface area contributed by atoms with E-state index in [1.54, 1.807) is 0 Å². The summed E-state index contributed by atoms with van der Waals surface area (Å²) in [7, 11) is 1.88. The number of hydrogen-bond acceptors (Lipinski definition) is 4. The van der Waals surface area contributed by atoms with Gasteiger partial charge in [0.05, 0.1) is 0 Å². The highest BCUT2D eigenvalue weighted by Crippen LogP contribution is 2.30. The fourth-order valence-electron chi connectivity index (χ4n) is 4.46. The van der Waals surface area contributed by atoms with Crippen LogP contribution in [0.1, 0.15) is 59.3 Å². The molecule has 0 radical (unpaired) electrons. The van der Waals surface area contributed by atoms with Crippen molar-refractivity contribution in [2.45, 2.75) is 70.9 Å². The van der Waals surface area contributed by atoms with Gasteiger partial charge in [-0.25, -0.2) is 0 Å². The van der Waals surface area contributed by atoms with E-state index >= 15 is 0 Å². The number of likely N-dealkylation sites (tertiary alicyclic amines) is 1. The number of guanidine groups is 1. The van der Waals surface area contributed by atoms with Crippen LogP contribution in [0, 0.1) is 0 Å². The van der Waals surface area contributed by atoms with E-state index in [0.29, 0.717) is 6.04 Å². The maximum atomic E-state index is 5.66. The minimum absolute atomic E-state index is 0.234. The Bertz CT molecular complexity index is 426. The third kappa shape index (κ3) is 6.91. The van der Waals surface area contributed by atoms with E-state index in [0.717, 1.165) is 51.6 Å². The lowest BCUT2D eigenvalue weighted by atomic mass is 9.88. The number of ether oxygens (including phenoxy) is 1. The van der Waals surface area contributed by atoms with Crippen molar-refractivity contribution in [3.05, 3.63) is 0 Å². The first-order chi connectivity index (χ1) is 13.1. The van der Waals surface area contributed by atoms with Gasteiger partial charge in [-0.3, -0.25) is 9.89 Å². The van der Waals surface area contributed by atoms with Crippen molar-refractivity contribution in [2.75, 3.05) is 59.5 Å². The van der Waals surface area contributed by atoms with Crippen molar-refractivity contribution in [1.82, 2.24) is 20.4 Å². The van der Waals surface area contributed by atoms with Gasteiger partial charge in [0.15, 0.2) is 5.96 Å². The first-order valence-electron chi connectivity index (χ1n) is 11.2. The van der Waals surface area contributed by atoms with Crippen LogP contribution in [0.25, 0.3) is 0 Å². The topological polar surface area (TPSA) is 52.1 Å². The van der Waals surface area contributed by atoms with Crippen molar-refractivity contribution in [3.63, 3.8) is 0 Å². The second-order valence-electron chi connectivity index (χ2n) is 8.17. The fourth-order valence-corrected chi connectivity index (χ4v) is 4.46. The summed E-state index contributed by atoms with van der Waals surface area (Å²) in [5, 5.41) is 7.23. The molecule has 0 bridgehead atoms. The summed E-state index contributed by atoms with van der Waals surface area (Å²) in [5.74, 6) is 0.940. The summed E-state index contributed by atoms with van der Waals surface area (Å²) in [6, 6.07) is 0.434. The lowest BCUT2D eigenvalue weighted by molar-refractivity contribution is -0.0164. The van der Waals surface area contributed by atoms with Crippen molar-refractivity contribution in [1.29, 1.82) is 0 Å². The quantitative estimate of drug-likeness (QED) is 0.449. The van der Waals surface area contributed by atoms with E-state index in [2.05, 4.69) is 46.2 Å². The molecule has 1 unspecified atom stereocenters. The zero-order valence-electron chi connectivity index (χ0n) is 18.2. The van der Waals surface area contributed by atoms with E-state index in [-0.39, 0.29) is 5.54 Å². The van der Waals surface area contributed by atoms with Gasteiger partial charge >= 0.3 is 0 Å². The van der Waals surface area contributed by atoms with Crippen LogP contribution < -0.4 is 10.6 Å². The number of nitrogens with zero attached hydrogens (tertiary/aromatic N) is 3. The highest BCUT2D eigenvalue weighted by Gasteiger charge is 2.39. The minimum Gasteiger partial charge on any atom is -0.381 e. The lowest BCUT2D eigenvalue weighted by Crippen LogP contribution is -2.59. The maximum Gasteiger partial charge on any atom is 0.191 e. The Morgan fingerprint density at radius 1 is 1.19 bits per heavy atom. The molecule has 0 aromatic heterocycles. The summed E-state index contributed by atoms with van der Waals surface area (Å²) in [4.78, 5) is 9.67. The molecule has 0 spiro atoms. The predicted octanol–water partition coefficient (Wildman–Crippen LogP) is 2.31. The van der Waals surface area contributed by atoms with Crippen LogP contribution >= 0.6 is 0 Å². The predicted molar refractivity (Wildman–Crippen MR) is 115 cm³/mol. The Morgan fingerprint density at radius 2 is 1.85 bits per heavy atom. The number of aliphatic imine (C=N–C) groups is 1. The highest BCUT2D eigenvalue weighted by molar-refractivity contribution is 5.80. The molecule has 0 aliphatic carbocycles. The van der Waals surface area contributed by atoms with Gasteiger partial charge in [-0.15, -0.1) is 0 Å². The van der Waals surface area contributed by atoms with Gasteiger partial charge in [0.1, 0.15) is 0 Å². The van der Waals surface area contributed by atoms with E-state index in [9.17, 15) is 0 Å². The molecule has 2 rings (SSSR count). The minimum atomic E-state index is 0.234. The Morgan fingerprint density at radius 3 is 2.44 bits per heavy atom. The smallest absolute Gasteiger partial charge is 0.191 e. The highest BCUT2D eigenvalue weighted by atomic mass is 16.5. The summed E-state index contributed by atoms with van der Waals surface area (Å²) in [5.41, 5.74) is 0.234. The van der Waals surface area contributed by atoms with Crippen molar-refractivity contribution in [2.24, 2.45) is 4.99 Å². The molecule has 0 saturated carbocycles. The third-order valence-electron chi connectivity index (χ3n) is 6.40. The second kappa shape index (κ2) is 11.9. The molecule has 2 fully saturated rings.